The first-order valence-corrected chi connectivity index (χ1v) is 6.37. The van der Waals surface area contributed by atoms with Crippen molar-refractivity contribution in [3.8, 4) is 0 Å². The summed E-state index contributed by atoms with van der Waals surface area (Å²) in [6, 6.07) is 9.83. The predicted octanol–water partition coefficient (Wildman–Crippen LogP) is 1.69. The molecule has 0 saturated carbocycles. The van der Waals surface area contributed by atoms with Crippen LogP contribution in [0.15, 0.2) is 53.1 Å². The lowest BCUT2D eigenvalue weighted by molar-refractivity contribution is -0.143. The zero-order chi connectivity index (χ0) is 15.2. The van der Waals surface area contributed by atoms with Crippen molar-refractivity contribution in [1.29, 1.82) is 0 Å². The van der Waals surface area contributed by atoms with Crippen molar-refractivity contribution < 1.29 is 24.2 Å². The van der Waals surface area contributed by atoms with Gasteiger partial charge in [-0.1, -0.05) is 30.3 Å². The lowest BCUT2D eigenvalue weighted by Gasteiger charge is -2.19. The summed E-state index contributed by atoms with van der Waals surface area (Å²) in [6.45, 7) is 0. The van der Waals surface area contributed by atoms with Gasteiger partial charge in [0, 0.05) is 0 Å². The maximum atomic E-state index is 11.3. The van der Waals surface area contributed by atoms with E-state index in [1.165, 1.54) is 12.3 Å². The molecule has 0 radical (unpaired) electrons. The standard InChI is InChI=1S/C15H15NO5/c17-14(18)11(9-10-5-2-1-3-6-10)16-13(15(19)20)12-7-4-8-21-12/h1-8,11,13,16H,9H2,(H,17,18)(H,19,20). The Bertz CT molecular complexity index is 594. The Morgan fingerprint density at radius 1 is 1.05 bits per heavy atom. The molecule has 2 rings (SSSR count). The van der Waals surface area contributed by atoms with Gasteiger partial charge in [0.2, 0.25) is 0 Å². The fourth-order valence-corrected chi connectivity index (χ4v) is 2.00. The second kappa shape index (κ2) is 6.71. The topological polar surface area (TPSA) is 99.8 Å². The van der Waals surface area contributed by atoms with Crippen LogP contribution in [0.1, 0.15) is 17.4 Å². The second-order valence-corrected chi connectivity index (χ2v) is 4.53. The van der Waals surface area contributed by atoms with E-state index in [0.29, 0.717) is 0 Å². The second-order valence-electron chi connectivity index (χ2n) is 4.53. The van der Waals surface area contributed by atoms with Crippen LogP contribution in [0, 0.1) is 0 Å². The normalized spacial score (nSPS) is 13.5. The number of hydrogen-bond donors (Lipinski definition) is 3. The van der Waals surface area contributed by atoms with Crippen LogP contribution in [0.5, 0.6) is 0 Å². The average molecular weight is 289 g/mol. The van der Waals surface area contributed by atoms with E-state index in [0.717, 1.165) is 5.56 Å². The molecule has 0 amide bonds. The van der Waals surface area contributed by atoms with E-state index < -0.39 is 24.0 Å². The quantitative estimate of drug-likeness (QED) is 0.717. The van der Waals surface area contributed by atoms with Gasteiger partial charge in [-0.3, -0.25) is 14.9 Å². The fourth-order valence-electron chi connectivity index (χ4n) is 2.00. The number of carboxylic acid groups (broad SMARTS) is 2. The summed E-state index contributed by atoms with van der Waals surface area (Å²) in [6.07, 6.45) is 1.53. The van der Waals surface area contributed by atoms with Crippen molar-refractivity contribution in [3.05, 3.63) is 60.1 Å². The molecule has 0 spiro atoms. The van der Waals surface area contributed by atoms with Crippen molar-refractivity contribution >= 4 is 11.9 Å². The maximum Gasteiger partial charge on any atom is 0.328 e. The number of carbonyl (C=O) groups is 2. The van der Waals surface area contributed by atoms with Gasteiger partial charge in [0.1, 0.15) is 11.8 Å². The van der Waals surface area contributed by atoms with Crippen LogP contribution < -0.4 is 5.32 Å². The zero-order valence-corrected chi connectivity index (χ0v) is 11.1. The minimum Gasteiger partial charge on any atom is -0.480 e. The van der Waals surface area contributed by atoms with Crippen LogP contribution in [0.4, 0.5) is 0 Å². The summed E-state index contributed by atoms with van der Waals surface area (Å²) in [5.41, 5.74) is 0.806. The molecule has 6 nitrogen and oxygen atoms in total. The molecule has 3 N–H and O–H groups in total. The summed E-state index contributed by atoms with van der Waals surface area (Å²) in [4.78, 5) is 22.6. The summed E-state index contributed by atoms with van der Waals surface area (Å²) in [7, 11) is 0. The van der Waals surface area contributed by atoms with E-state index >= 15 is 0 Å². The molecule has 6 heteroatoms. The van der Waals surface area contributed by atoms with Gasteiger partial charge in [0.15, 0.2) is 6.04 Å². The molecule has 0 fully saturated rings. The van der Waals surface area contributed by atoms with E-state index in [2.05, 4.69) is 5.32 Å². The van der Waals surface area contributed by atoms with Gasteiger partial charge in [0.05, 0.1) is 6.26 Å². The number of hydrogen-bond acceptors (Lipinski definition) is 4. The molecular formula is C15H15NO5. The summed E-state index contributed by atoms with van der Waals surface area (Å²) in [5.74, 6) is -2.14. The monoisotopic (exact) mass is 289 g/mol. The van der Waals surface area contributed by atoms with Gasteiger partial charge in [-0.2, -0.15) is 0 Å². The number of carboxylic acids is 2. The Hall–Kier alpha value is -2.60. The Morgan fingerprint density at radius 2 is 1.76 bits per heavy atom. The van der Waals surface area contributed by atoms with Crippen LogP contribution in [0.25, 0.3) is 0 Å². The minimum atomic E-state index is -1.20. The van der Waals surface area contributed by atoms with Crippen molar-refractivity contribution in [1.82, 2.24) is 5.32 Å². The van der Waals surface area contributed by atoms with Crippen LogP contribution >= 0.6 is 0 Å². The van der Waals surface area contributed by atoms with Crippen molar-refractivity contribution in [2.75, 3.05) is 0 Å². The first-order chi connectivity index (χ1) is 10.1. The molecule has 0 aliphatic rings. The number of nitrogens with one attached hydrogen (secondary N) is 1. The van der Waals surface area contributed by atoms with Gasteiger partial charge in [-0.05, 0) is 24.1 Å². The minimum absolute atomic E-state index is 0.168. The summed E-state index contributed by atoms with van der Waals surface area (Å²) >= 11 is 0. The molecule has 2 unspecified atom stereocenters. The molecule has 1 aromatic heterocycles. The van der Waals surface area contributed by atoms with Gasteiger partial charge < -0.3 is 14.6 Å². The van der Waals surface area contributed by atoms with Crippen LogP contribution in [0.3, 0.4) is 0 Å². The molecule has 2 aromatic rings. The highest BCUT2D eigenvalue weighted by Crippen LogP contribution is 2.16. The van der Waals surface area contributed by atoms with Gasteiger partial charge in [-0.15, -0.1) is 0 Å². The first-order valence-electron chi connectivity index (χ1n) is 6.37. The van der Waals surface area contributed by atoms with E-state index in [9.17, 15) is 19.8 Å². The molecule has 1 aromatic carbocycles. The molecule has 0 saturated heterocycles. The van der Waals surface area contributed by atoms with Gasteiger partial charge >= 0.3 is 11.9 Å². The SMILES string of the molecule is O=C(O)C(Cc1ccccc1)NC(C(=O)O)c1ccco1. The summed E-state index contributed by atoms with van der Waals surface area (Å²) in [5, 5.41) is 21.1. The molecule has 1 heterocycles. The number of rotatable bonds is 7. The molecular weight excluding hydrogens is 274 g/mol. The highest BCUT2D eigenvalue weighted by Gasteiger charge is 2.29. The van der Waals surface area contributed by atoms with Gasteiger partial charge in [-0.25, -0.2) is 0 Å². The predicted molar refractivity (Wildman–Crippen MR) is 73.8 cm³/mol. The highest BCUT2D eigenvalue weighted by atomic mass is 16.4. The van der Waals surface area contributed by atoms with Crippen molar-refractivity contribution in [2.24, 2.45) is 0 Å². The molecule has 0 bridgehead atoms. The Balaban J connectivity index is 2.15. The smallest absolute Gasteiger partial charge is 0.328 e. The highest BCUT2D eigenvalue weighted by molar-refractivity contribution is 5.78. The van der Waals surface area contributed by atoms with Crippen molar-refractivity contribution in [2.45, 2.75) is 18.5 Å². The average Bonchev–Trinajstić information content (AvgIpc) is 2.97. The van der Waals surface area contributed by atoms with E-state index in [-0.39, 0.29) is 12.2 Å². The molecule has 0 aliphatic heterocycles. The third-order valence-corrected chi connectivity index (χ3v) is 3.02. The first kappa shape index (κ1) is 14.8. The van der Waals surface area contributed by atoms with E-state index in [4.69, 9.17) is 4.42 Å². The molecule has 21 heavy (non-hydrogen) atoms. The fraction of sp³-hybridized carbons (Fsp3) is 0.200. The van der Waals surface area contributed by atoms with Gasteiger partial charge in [0.25, 0.3) is 0 Å². The molecule has 110 valence electrons. The molecule has 2 atom stereocenters. The lowest BCUT2D eigenvalue weighted by Crippen LogP contribution is -2.43. The third-order valence-electron chi connectivity index (χ3n) is 3.02. The maximum absolute atomic E-state index is 11.3. The van der Waals surface area contributed by atoms with Crippen LogP contribution in [0.2, 0.25) is 0 Å². The lowest BCUT2D eigenvalue weighted by atomic mass is 10.0. The Kier molecular flexibility index (Phi) is 4.73. The summed E-state index contributed by atoms with van der Waals surface area (Å²) < 4.78 is 5.05. The van der Waals surface area contributed by atoms with E-state index in [1.807, 2.05) is 6.07 Å². The number of aliphatic carboxylic acids is 2. The number of furan rings is 1. The number of benzene rings is 1. The Morgan fingerprint density at radius 3 is 2.29 bits per heavy atom. The zero-order valence-electron chi connectivity index (χ0n) is 11.1. The third kappa shape index (κ3) is 3.93. The van der Waals surface area contributed by atoms with Crippen molar-refractivity contribution in [3.63, 3.8) is 0 Å². The molecule has 0 aliphatic carbocycles. The van der Waals surface area contributed by atoms with Crippen LogP contribution in [-0.2, 0) is 16.0 Å². The van der Waals surface area contributed by atoms with E-state index in [1.54, 1.807) is 30.3 Å². The Labute approximate surface area is 121 Å². The van der Waals surface area contributed by atoms with Crippen LogP contribution in [-0.4, -0.2) is 28.2 Å². The largest absolute Gasteiger partial charge is 0.480 e.